The van der Waals surface area contributed by atoms with E-state index in [0.29, 0.717) is 11.3 Å². The zero-order valence-corrected chi connectivity index (χ0v) is 21.2. The number of aromatic nitrogens is 1. The van der Waals surface area contributed by atoms with Crippen LogP contribution in [-0.2, 0) is 16.6 Å². The van der Waals surface area contributed by atoms with Crippen molar-refractivity contribution in [2.24, 2.45) is 4.99 Å². The van der Waals surface area contributed by atoms with Crippen LogP contribution in [0.4, 0.5) is 0 Å². The summed E-state index contributed by atoms with van der Waals surface area (Å²) < 4.78 is 30.8. The second-order valence-corrected chi connectivity index (χ2v) is 10.9. The van der Waals surface area contributed by atoms with E-state index < -0.39 is 15.9 Å². The Hall–Kier alpha value is -3.09. The van der Waals surface area contributed by atoms with Crippen molar-refractivity contribution in [1.82, 2.24) is 8.87 Å². The van der Waals surface area contributed by atoms with Crippen molar-refractivity contribution >= 4 is 53.4 Å². The van der Waals surface area contributed by atoms with Gasteiger partial charge in [0.1, 0.15) is 0 Å². The lowest BCUT2D eigenvalue weighted by Gasteiger charge is -2.20. The Morgan fingerprint density at radius 2 is 1.79 bits per heavy atom. The molecule has 3 rings (SSSR count). The third-order valence-electron chi connectivity index (χ3n) is 4.84. The second kappa shape index (κ2) is 11.4. The van der Waals surface area contributed by atoms with Crippen molar-refractivity contribution in [2.45, 2.75) is 24.3 Å². The van der Waals surface area contributed by atoms with Gasteiger partial charge < -0.3 is 4.57 Å². The van der Waals surface area contributed by atoms with E-state index in [1.165, 1.54) is 35.6 Å². The highest BCUT2D eigenvalue weighted by Crippen LogP contribution is 2.23. The summed E-state index contributed by atoms with van der Waals surface area (Å²) in [5.41, 5.74) is 1.17. The number of sulfonamides is 1. The lowest BCUT2D eigenvalue weighted by Crippen LogP contribution is -2.32. The van der Waals surface area contributed by atoms with Gasteiger partial charge in [-0.05, 0) is 42.5 Å². The molecular formula is C23H20BrN5O3S2. The number of rotatable bonds is 9. The largest absolute Gasteiger partial charge is 0.312 e. The predicted octanol–water partition coefficient (Wildman–Crippen LogP) is 4.21. The molecule has 34 heavy (non-hydrogen) atoms. The molecule has 1 aromatic heterocycles. The SMILES string of the molecule is C=CCn1c(=NC(=O)c2ccc(S(=O)(=O)N(CCC#N)CCC#N)cc2)sc2cc(Br)ccc21. The molecule has 174 valence electrons. The molecule has 0 aliphatic rings. The van der Waals surface area contributed by atoms with Crippen LogP contribution in [0.5, 0.6) is 0 Å². The van der Waals surface area contributed by atoms with Gasteiger partial charge in [0, 0.05) is 42.5 Å². The van der Waals surface area contributed by atoms with Crippen molar-refractivity contribution in [3.63, 3.8) is 0 Å². The van der Waals surface area contributed by atoms with Crippen molar-refractivity contribution in [2.75, 3.05) is 13.1 Å². The first-order chi connectivity index (χ1) is 16.3. The third-order valence-corrected chi connectivity index (χ3v) is 8.29. The highest BCUT2D eigenvalue weighted by atomic mass is 79.9. The second-order valence-electron chi connectivity index (χ2n) is 7.06. The fraction of sp³-hybridized carbons (Fsp3) is 0.217. The minimum absolute atomic E-state index is 0.0105. The van der Waals surface area contributed by atoms with Gasteiger partial charge in [-0.3, -0.25) is 4.79 Å². The average molecular weight is 558 g/mol. The zero-order valence-electron chi connectivity index (χ0n) is 18.0. The van der Waals surface area contributed by atoms with E-state index in [1.807, 2.05) is 34.9 Å². The van der Waals surface area contributed by atoms with Crippen LogP contribution < -0.4 is 4.80 Å². The standard InChI is InChI=1S/C23H20BrN5O3S2/c1-2-13-29-20-10-7-18(24)16-21(20)33-23(29)27-22(30)17-5-8-19(9-6-17)34(31,32)28(14-3-11-25)15-4-12-26/h2,5-10,16H,1,3-4,13-15H2. The molecule has 3 aromatic rings. The molecule has 0 N–H and O–H groups in total. The lowest BCUT2D eigenvalue weighted by atomic mass is 10.2. The van der Waals surface area contributed by atoms with Crippen LogP contribution in [0.1, 0.15) is 23.2 Å². The van der Waals surface area contributed by atoms with Gasteiger partial charge in [0.05, 0.1) is 27.3 Å². The Kier molecular flexibility index (Phi) is 8.53. The van der Waals surface area contributed by atoms with Crippen molar-refractivity contribution < 1.29 is 13.2 Å². The normalized spacial score (nSPS) is 11.9. The Morgan fingerprint density at radius 3 is 2.38 bits per heavy atom. The number of carbonyl (C=O) groups excluding carboxylic acids is 1. The van der Waals surface area contributed by atoms with Crippen molar-refractivity contribution in [1.29, 1.82) is 10.5 Å². The highest BCUT2D eigenvalue weighted by Gasteiger charge is 2.24. The van der Waals surface area contributed by atoms with E-state index in [1.54, 1.807) is 6.08 Å². The Morgan fingerprint density at radius 1 is 1.15 bits per heavy atom. The van der Waals surface area contributed by atoms with E-state index in [0.717, 1.165) is 19.0 Å². The van der Waals surface area contributed by atoms with Gasteiger partial charge in [-0.2, -0.15) is 19.8 Å². The first-order valence-electron chi connectivity index (χ1n) is 10.1. The number of allylic oxidation sites excluding steroid dienone is 1. The monoisotopic (exact) mass is 557 g/mol. The Balaban J connectivity index is 1.93. The molecule has 0 unspecified atom stereocenters. The maximum atomic E-state index is 12.9. The number of thiazole rings is 1. The van der Waals surface area contributed by atoms with Gasteiger partial charge in [-0.25, -0.2) is 8.42 Å². The van der Waals surface area contributed by atoms with E-state index in [9.17, 15) is 13.2 Å². The van der Waals surface area contributed by atoms with Crippen LogP contribution in [-0.4, -0.2) is 36.3 Å². The maximum Gasteiger partial charge on any atom is 0.279 e. The third kappa shape index (κ3) is 5.69. The molecule has 0 bridgehead atoms. The molecule has 1 heterocycles. The van der Waals surface area contributed by atoms with Crippen LogP contribution in [0.25, 0.3) is 10.2 Å². The molecular weight excluding hydrogens is 538 g/mol. The van der Waals surface area contributed by atoms with Crippen LogP contribution >= 0.6 is 27.3 Å². The van der Waals surface area contributed by atoms with Gasteiger partial charge in [0.2, 0.25) is 10.0 Å². The molecule has 0 aliphatic heterocycles. The van der Waals surface area contributed by atoms with Gasteiger partial charge >= 0.3 is 0 Å². The number of hydrogen-bond donors (Lipinski definition) is 0. The average Bonchev–Trinajstić information content (AvgIpc) is 3.15. The fourth-order valence-corrected chi connectivity index (χ4v) is 6.24. The number of carbonyl (C=O) groups is 1. The summed E-state index contributed by atoms with van der Waals surface area (Å²) in [6.07, 6.45) is 1.74. The van der Waals surface area contributed by atoms with E-state index >= 15 is 0 Å². The number of hydrogen-bond acceptors (Lipinski definition) is 6. The summed E-state index contributed by atoms with van der Waals surface area (Å²) in [5, 5.41) is 17.6. The summed E-state index contributed by atoms with van der Waals surface area (Å²) in [6, 6.07) is 15.1. The topological polar surface area (TPSA) is 119 Å². The summed E-state index contributed by atoms with van der Waals surface area (Å²) in [7, 11) is -3.91. The summed E-state index contributed by atoms with van der Waals surface area (Å²) in [6.45, 7) is 4.23. The minimum Gasteiger partial charge on any atom is -0.312 e. The predicted molar refractivity (Wildman–Crippen MR) is 133 cm³/mol. The highest BCUT2D eigenvalue weighted by molar-refractivity contribution is 9.10. The number of nitrogens with zero attached hydrogens (tertiary/aromatic N) is 5. The summed E-state index contributed by atoms with van der Waals surface area (Å²) in [4.78, 5) is 17.6. The van der Waals surface area contributed by atoms with Gasteiger partial charge in [0.15, 0.2) is 4.80 Å². The number of halogens is 1. The van der Waals surface area contributed by atoms with Crippen molar-refractivity contribution in [3.05, 3.63) is 70.0 Å². The van der Waals surface area contributed by atoms with Crippen LogP contribution in [0, 0.1) is 22.7 Å². The van der Waals surface area contributed by atoms with Crippen molar-refractivity contribution in [3.8, 4) is 12.1 Å². The fourth-order valence-electron chi connectivity index (χ4n) is 3.21. The Bertz CT molecular complexity index is 1460. The summed E-state index contributed by atoms with van der Waals surface area (Å²) in [5.74, 6) is -0.502. The summed E-state index contributed by atoms with van der Waals surface area (Å²) >= 11 is 4.82. The quantitative estimate of drug-likeness (QED) is 0.365. The molecule has 0 saturated carbocycles. The van der Waals surface area contributed by atoms with E-state index in [4.69, 9.17) is 10.5 Å². The smallest absolute Gasteiger partial charge is 0.279 e. The van der Waals surface area contributed by atoms with Crippen LogP contribution in [0.2, 0.25) is 0 Å². The first-order valence-corrected chi connectivity index (χ1v) is 13.2. The molecule has 0 fully saturated rings. The number of fused-ring (bicyclic) bond motifs is 1. The molecule has 0 aliphatic carbocycles. The zero-order chi connectivity index (χ0) is 24.7. The Labute approximate surface area is 209 Å². The molecule has 0 radical (unpaired) electrons. The molecule has 0 spiro atoms. The number of nitriles is 2. The maximum absolute atomic E-state index is 12.9. The molecule has 8 nitrogen and oxygen atoms in total. The minimum atomic E-state index is -3.91. The molecule has 11 heteroatoms. The van der Waals surface area contributed by atoms with Crippen LogP contribution in [0.3, 0.4) is 0 Å². The number of benzene rings is 2. The van der Waals surface area contributed by atoms with Gasteiger partial charge in [0.25, 0.3) is 5.91 Å². The molecule has 0 atom stereocenters. The van der Waals surface area contributed by atoms with Crippen LogP contribution in [0.15, 0.2) is 69.5 Å². The molecule has 0 saturated heterocycles. The molecule has 2 aromatic carbocycles. The van der Waals surface area contributed by atoms with E-state index in [2.05, 4.69) is 27.5 Å². The van der Waals surface area contributed by atoms with Gasteiger partial charge in [-0.1, -0.05) is 33.3 Å². The van der Waals surface area contributed by atoms with E-state index in [-0.39, 0.29) is 36.4 Å². The lowest BCUT2D eigenvalue weighted by molar-refractivity contribution is 0.0997. The first kappa shape index (κ1) is 25.5. The molecule has 1 amide bonds. The van der Waals surface area contributed by atoms with Gasteiger partial charge in [-0.15, -0.1) is 6.58 Å². The number of amides is 1.